The lowest BCUT2D eigenvalue weighted by atomic mass is 10.1. The molecule has 2 rings (SSSR count). The Hall–Kier alpha value is -3.82. The second-order valence-corrected chi connectivity index (χ2v) is 5.43. The predicted molar refractivity (Wildman–Crippen MR) is 92.0 cm³/mol. The Balaban J connectivity index is 1.92. The van der Waals surface area contributed by atoms with Crippen molar-refractivity contribution in [2.75, 3.05) is 0 Å². The van der Waals surface area contributed by atoms with Crippen molar-refractivity contribution >= 4 is 23.4 Å². The molecule has 0 aromatic heterocycles. The number of carbonyl (C=O) groups excluding carboxylic acids is 3. The van der Waals surface area contributed by atoms with Crippen LogP contribution in [0.15, 0.2) is 48.5 Å². The van der Waals surface area contributed by atoms with Crippen LogP contribution in [0.5, 0.6) is 0 Å². The van der Waals surface area contributed by atoms with E-state index in [1.54, 1.807) is 0 Å². The average molecular weight is 374 g/mol. The van der Waals surface area contributed by atoms with Crippen LogP contribution in [0.2, 0.25) is 0 Å². The number of hydrazine groups is 1. The van der Waals surface area contributed by atoms with Crippen LogP contribution in [0, 0.1) is 15.9 Å². The molecule has 0 bridgehead atoms. The molecule has 0 radical (unpaired) electrons. The topological polar surface area (TPSA) is 130 Å². The highest BCUT2D eigenvalue weighted by Gasteiger charge is 2.19. The van der Waals surface area contributed by atoms with Crippen molar-refractivity contribution < 1.29 is 23.7 Å². The van der Waals surface area contributed by atoms with Crippen molar-refractivity contribution in [3.63, 3.8) is 0 Å². The molecule has 140 valence electrons. The van der Waals surface area contributed by atoms with Gasteiger partial charge in [0.2, 0.25) is 0 Å². The molecule has 0 aliphatic rings. The molecular formula is C17H15FN4O5. The highest BCUT2D eigenvalue weighted by molar-refractivity contribution is 5.99. The Morgan fingerprint density at radius 1 is 1.04 bits per heavy atom. The van der Waals surface area contributed by atoms with E-state index in [2.05, 4.69) is 10.7 Å². The molecule has 0 unspecified atom stereocenters. The molecule has 3 N–H and O–H groups in total. The smallest absolute Gasteiger partial charge is 0.272 e. The fraction of sp³-hybridized carbons (Fsp3) is 0.118. The molecule has 0 fully saturated rings. The first kappa shape index (κ1) is 19.5. The molecule has 2 aromatic rings. The van der Waals surface area contributed by atoms with E-state index in [-0.39, 0.29) is 16.8 Å². The summed E-state index contributed by atoms with van der Waals surface area (Å²) < 4.78 is 13.5. The second kappa shape index (κ2) is 8.52. The van der Waals surface area contributed by atoms with Gasteiger partial charge in [-0.1, -0.05) is 18.2 Å². The summed E-state index contributed by atoms with van der Waals surface area (Å²) in [6.45, 7) is 1.35. The summed E-state index contributed by atoms with van der Waals surface area (Å²) in [6, 6.07) is 9.13. The quantitative estimate of drug-likeness (QED) is 0.537. The number of amides is 3. The first-order chi connectivity index (χ1) is 12.8. The molecule has 0 aliphatic carbocycles. The summed E-state index contributed by atoms with van der Waals surface area (Å²) >= 11 is 0. The lowest BCUT2D eigenvalue weighted by molar-refractivity contribution is -0.384. The van der Waals surface area contributed by atoms with Gasteiger partial charge in [-0.2, -0.15) is 0 Å². The van der Waals surface area contributed by atoms with Crippen LogP contribution in [0.1, 0.15) is 27.6 Å². The molecule has 0 aliphatic heterocycles. The van der Waals surface area contributed by atoms with Gasteiger partial charge < -0.3 is 5.32 Å². The van der Waals surface area contributed by atoms with E-state index in [1.807, 2.05) is 5.43 Å². The van der Waals surface area contributed by atoms with E-state index >= 15 is 0 Å². The van der Waals surface area contributed by atoms with Crippen molar-refractivity contribution in [1.29, 1.82) is 0 Å². The van der Waals surface area contributed by atoms with Gasteiger partial charge in [0.1, 0.15) is 11.9 Å². The van der Waals surface area contributed by atoms with Gasteiger partial charge in [-0.05, 0) is 25.1 Å². The van der Waals surface area contributed by atoms with E-state index in [0.717, 1.165) is 12.1 Å². The van der Waals surface area contributed by atoms with Gasteiger partial charge in [0.25, 0.3) is 23.4 Å². The molecule has 10 heteroatoms. The molecule has 0 saturated carbocycles. The number of nitro benzene ring substituents is 1. The Bertz CT molecular complexity index is 902. The number of halogens is 1. The van der Waals surface area contributed by atoms with Gasteiger partial charge in [-0.15, -0.1) is 0 Å². The lowest BCUT2D eigenvalue weighted by Gasteiger charge is -2.14. The van der Waals surface area contributed by atoms with E-state index < -0.39 is 34.5 Å². The number of nitro groups is 1. The molecule has 1 atom stereocenters. The van der Waals surface area contributed by atoms with Crippen LogP contribution in [0.3, 0.4) is 0 Å². The van der Waals surface area contributed by atoms with Crippen LogP contribution in [-0.4, -0.2) is 28.7 Å². The van der Waals surface area contributed by atoms with E-state index in [9.17, 15) is 28.9 Å². The largest absolute Gasteiger partial charge is 0.340 e. The maximum absolute atomic E-state index is 13.5. The fourth-order valence-electron chi connectivity index (χ4n) is 2.05. The lowest BCUT2D eigenvalue weighted by Crippen LogP contribution is -2.51. The number of non-ortho nitro benzene ring substituents is 1. The fourth-order valence-corrected chi connectivity index (χ4v) is 2.05. The molecule has 9 nitrogen and oxygen atoms in total. The number of nitrogens with zero attached hydrogens (tertiary/aromatic N) is 1. The second-order valence-electron chi connectivity index (χ2n) is 5.43. The van der Waals surface area contributed by atoms with Crippen LogP contribution < -0.4 is 16.2 Å². The minimum absolute atomic E-state index is 0.000702. The monoisotopic (exact) mass is 374 g/mol. The molecular weight excluding hydrogens is 359 g/mol. The first-order valence-corrected chi connectivity index (χ1v) is 7.69. The van der Waals surface area contributed by atoms with Gasteiger partial charge in [0.15, 0.2) is 0 Å². The first-order valence-electron chi connectivity index (χ1n) is 7.69. The molecule has 0 spiro atoms. The van der Waals surface area contributed by atoms with E-state index in [0.29, 0.717) is 0 Å². The van der Waals surface area contributed by atoms with Gasteiger partial charge in [0.05, 0.1) is 10.5 Å². The van der Waals surface area contributed by atoms with Crippen LogP contribution in [-0.2, 0) is 4.79 Å². The number of carbonyl (C=O) groups is 3. The Morgan fingerprint density at radius 2 is 1.74 bits per heavy atom. The van der Waals surface area contributed by atoms with E-state index in [1.165, 1.54) is 43.3 Å². The molecule has 0 heterocycles. The van der Waals surface area contributed by atoms with Crippen molar-refractivity contribution in [2.24, 2.45) is 0 Å². The van der Waals surface area contributed by atoms with E-state index in [4.69, 9.17) is 0 Å². The number of benzene rings is 2. The van der Waals surface area contributed by atoms with Gasteiger partial charge in [-0.25, -0.2) is 4.39 Å². The summed E-state index contributed by atoms with van der Waals surface area (Å²) in [5.74, 6) is -3.09. The molecule has 0 saturated heterocycles. The number of rotatable bonds is 5. The third kappa shape index (κ3) is 5.08. The van der Waals surface area contributed by atoms with Crippen molar-refractivity contribution in [3.05, 3.63) is 75.6 Å². The number of hydrogen-bond acceptors (Lipinski definition) is 5. The summed E-state index contributed by atoms with van der Waals surface area (Å²) in [5, 5.41) is 13.1. The Morgan fingerprint density at radius 3 is 2.41 bits per heavy atom. The number of hydrogen-bond donors (Lipinski definition) is 3. The zero-order valence-corrected chi connectivity index (χ0v) is 14.1. The van der Waals surface area contributed by atoms with Crippen LogP contribution >= 0.6 is 0 Å². The summed E-state index contributed by atoms with van der Waals surface area (Å²) in [6.07, 6.45) is 0. The van der Waals surface area contributed by atoms with Gasteiger partial charge >= 0.3 is 0 Å². The summed E-state index contributed by atoms with van der Waals surface area (Å²) in [4.78, 5) is 46.0. The molecule has 27 heavy (non-hydrogen) atoms. The highest BCUT2D eigenvalue weighted by atomic mass is 19.1. The predicted octanol–water partition coefficient (Wildman–Crippen LogP) is 1.31. The maximum atomic E-state index is 13.5. The number of nitrogens with one attached hydrogen (secondary N) is 3. The van der Waals surface area contributed by atoms with Gasteiger partial charge in [-0.3, -0.25) is 35.3 Å². The standard InChI is InChI=1S/C17H15FN4O5/c1-10(19-16(24)11-5-4-6-12(9-11)22(26)27)15(23)20-21-17(25)13-7-2-3-8-14(13)18/h2-10H,1H3,(H,19,24)(H,20,23)(H,21,25)/t10-/m0/s1. The zero-order valence-electron chi connectivity index (χ0n) is 14.1. The zero-order chi connectivity index (χ0) is 20.0. The van der Waals surface area contributed by atoms with Crippen molar-refractivity contribution in [2.45, 2.75) is 13.0 Å². The SMILES string of the molecule is C[C@H](NC(=O)c1cccc([N+](=O)[O-])c1)C(=O)NNC(=O)c1ccccc1F. The third-order valence-electron chi connectivity index (χ3n) is 3.48. The molecule has 3 amide bonds. The van der Waals surface area contributed by atoms with Crippen LogP contribution in [0.25, 0.3) is 0 Å². The summed E-state index contributed by atoms with van der Waals surface area (Å²) in [7, 11) is 0. The molecule has 2 aromatic carbocycles. The maximum Gasteiger partial charge on any atom is 0.272 e. The third-order valence-corrected chi connectivity index (χ3v) is 3.48. The Labute approximate surface area is 152 Å². The van der Waals surface area contributed by atoms with Crippen molar-refractivity contribution in [3.8, 4) is 0 Å². The average Bonchev–Trinajstić information content (AvgIpc) is 2.66. The minimum Gasteiger partial charge on any atom is -0.340 e. The normalized spacial score (nSPS) is 11.2. The summed E-state index contributed by atoms with van der Waals surface area (Å²) in [5.41, 5.74) is 3.58. The van der Waals surface area contributed by atoms with Crippen LogP contribution in [0.4, 0.5) is 10.1 Å². The Kier molecular flexibility index (Phi) is 6.15. The van der Waals surface area contributed by atoms with Gasteiger partial charge in [0, 0.05) is 17.7 Å². The highest BCUT2D eigenvalue weighted by Crippen LogP contribution is 2.13. The minimum atomic E-state index is -1.07. The van der Waals surface area contributed by atoms with Crippen molar-refractivity contribution in [1.82, 2.24) is 16.2 Å².